The highest BCUT2D eigenvalue weighted by Crippen LogP contribution is 2.37. The second kappa shape index (κ2) is 8.58. The van der Waals surface area contributed by atoms with Crippen LogP contribution in [0.2, 0.25) is 0 Å². The number of carbonyl (C=O) groups is 2. The van der Waals surface area contributed by atoms with Crippen molar-refractivity contribution in [2.24, 2.45) is 0 Å². The van der Waals surface area contributed by atoms with Gasteiger partial charge in [0, 0.05) is 5.69 Å². The van der Waals surface area contributed by atoms with Crippen LogP contribution in [0.15, 0.2) is 66.7 Å². The molecule has 1 heterocycles. The highest BCUT2D eigenvalue weighted by Gasteiger charge is 2.43. The van der Waals surface area contributed by atoms with E-state index in [9.17, 15) is 14.0 Å². The molecule has 4 nitrogen and oxygen atoms in total. The Morgan fingerprint density at radius 3 is 2.19 bits per heavy atom. The number of para-hydroxylation sites is 1. The number of anilines is 2. The van der Waals surface area contributed by atoms with E-state index in [0.29, 0.717) is 17.2 Å². The van der Waals surface area contributed by atoms with Crippen LogP contribution in [0.5, 0.6) is 0 Å². The third-order valence-corrected chi connectivity index (χ3v) is 6.22. The fourth-order valence-electron chi connectivity index (χ4n) is 4.20. The van der Waals surface area contributed by atoms with Crippen molar-refractivity contribution in [2.75, 3.05) is 16.3 Å². The van der Waals surface area contributed by atoms with Gasteiger partial charge in [0.15, 0.2) is 0 Å². The molecule has 1 atom stereocenters. The Balaban J connectivity index is 1.85. The molecule has 0 bridgehead atoms. The molecule has 1 aliphatic rings. The summed E-state index contributed by atoms with van der Waals surface area (Å²) >= 11 is 0. The molecule has 1 aliphatic heterocycles. The number of piperazine rings is 1. The zero-order chi connectivity index (χ0) is 23.0. The first-order chi connectivity index (χ1) is 15.3. The molecule has 2 amide bonds. The van der Waals surface area contributed by atoms with Crippen LogP contribution in [0.1, 0.15) is 48.1 Å². The maximum Gasteiger partial charge on any atom is 0.255 e. The zero-order valence-electron chi connectivity index (χ0n) is 18.8. The van der Waals surface area contributed by atoms with E-state index in [1.165, 1.54) is 15.9 Å². The number of halogens is 1. The van der Waals surface area contributed by atoms with Crippen LogP contribution in [-0.4, -0.2) is 18.4 Å². The van der Waals surface area contributed by atoms with Crippen molar-refractivity contribution in [1.29, 1.82) is 0 Å². The van der Waals surface area contributed by atoms with Crippen molar-refractivity contribution >= 4 is 23.2 Å². The van der Waals surface area contributed by atoms with E-state index >= 15 is 0 Å². The molecular weight excluding hydrogens is 403 g/mol. The molecule has 0 N–H and O–H groups in total. The first-order valence-electron chi connectivity index (χ1n) is 10.8. The lowest BCUT2D eigenvalue weighted by molar-refractivity contribution is -0.128. The molecule has 5 heteroatoms. The molecule has 3 aromatic rings. The Bertz CT molecular complexity index is 1170. The minimum Gasteiger partial charge on any atom is -0.301 e. The SMILES string of the molecule is Cc1cccc(N2CC(=O)N(c3ccccc3F)C(c3ccc(C(C)C)cc3)C2=O)c1C. The van der Waals surface area contributed by atoms with E-state index in [4.69, 9.17) is 0 Å². The van der Waals surface area contributed by atoms with Gasteiger partial charge in [-0.05, 0) is 60.2 Å². The number of benzene rings is 3. The Hall–Kier alpha value is -3.47. The standard InChI is InChI=1S/C27H27FN2O2/c1-17(2)20-12-14-21(15-13-20)26-27(32)29(23-11-7-8-18(3)19(23)4)16-25(31)30(26)24-10-6-5-9-22(24)28/h5-15,17,26H,16H2,1-4H3. The lowest BCUT2D eigenvalue weighted by atomic mass is 9.95. The first kappa shape index (κ1) is 21.8. The molecule has 3 aromatic carbocycles. The van der Waals surface area contributed by atoms with Gasteiger partial charge in [-0.25, -0.2) is 4.39 Å². The van der Waals surface area contributed by atoms with E-state index in [0.717, 1.165) is 16.7 Å². The summed E-state index contributed by atoms with van der Waals surface area (Å²) in [4.78, 5) is 30.1. The summed E-state index contributed by atoms with van der Waals surface area (Å²) in [5.74, 6) is -0.771. The summed E-state index contributed by atoms with van der Waals surface area (Å²) < 4.78 is 14.8. The van der Waals surface area contributed by atoms with Crippen molar-refractivity contribution in [2.45, 2.75) is 39.7 Å². The van der Waals surface area contributed by atoms with Crippen molar-refractivity contribution in [3.05, 3.63) is 94.8 Å². The summed E-state index contributed by atoms with van der Waals surface area (Å²) in [6, 6.07) is 18.5. The average molecular weight is 431 g/mol. The van der Waals surface area contributed by atoms with Crippen LogP contribution >= 0.6 is 0 Å². The average Bonchev–Trinajstić information content (AvgIpc) is 2.77. The van der Waals surface area contributed by atoms with Gasteiger partial charge in [0.1, 0.15) is 18.4 Å². The van der Waals surface area contributed by atoms with Crippen LogP contribution in [0.25, 0.3) is 0 Å². The quantitative estimate of drug-likeness (QED) is 0.534. The van der Waals surface area contributed by atoms with E-state index in [-0.39, 0.29) is 24.0 Å². The van der Waals surface area contributed by atoms with Gasteiger partial charge in [0.25, 0.3) is 5.91 Å². The minimum atomic E-state index is -0.950. The second-order valence-electron chi connectivity index (χ2n) is 8.58. The smallest absolute Gasteiger partial charge is 0.255 e. The van der Waals surface area contributed by atoms with Crippen molar-refractivity contribution < 1.29 is 14.0 Å². The number of hydrogen-bond acceptors (Lipinski definition) is 2. The molecule has 0 radical (unpaired) electrons. The van der Waals surface area contributed by atoms with Gasteiger partial charge in [-0.3, -0.25) is 14.5 Å². The van der Waals surface area contributed by atoms with Crippen LogP contribution in [-0.2, 0) is 9.59 Å². The van der Waals surface area contributed by atoms with E-state index in [1.807, 2.05) is 56.3 Å². The lowest BCUT2D eigenvalue weighted by Gasteiger charge is -2.41. The first-order valence-corrected chi connectivity index (χ1v) is 10.8. The molecule has 1 unspecified atom stereocenters. The van der Waals surface area contributed by atoms with Crippen molar-refractivity contribution in [3.8, 4) is 0 Å². The van der Waals surface area contributed by atoms with E-state index in [1.54, 1.807) is 18.2 Å². The summed E-state index contributed by atoms with van der Waals surface area (Å²) in [6.07, 6.45) is 0. The van der Waals surface area contributed by atoms with E-state index < -0.39 is 11.9 Å². The van der Waals surface area contributed by atoms with Gasteiger partial charge < -0.3 is 4.90 Å². The topological polar surface area (TPSA) is 40.6 Å². The van der Waals surface area contributed by atoms with Gasteiger partial charge in [0.05, 0.1) is 5.69 Å². The fourth-order valence-corrected chi connectivity index (χ4v) is 4.20. The van der Waals surface area contributed by atoms with Gasteiger partial charge in [-0.15, -0.1) is 0 Å². The number of rotatable bonds is 4. The lowest BCUT2D eigenvalue weighted by Crippen LogP contribution is -2.56. The molecule has 4 rings (SSSR count). The number of aryl methyl sites for hydroxylation is 1. The Morgan fingerprint density at radius 2 is 1.53 bits per heavy atom. The van der Waals surface area contributed by atoms with Crippen LogP contribution < -0.4 is 9.80 Å². The molecule has 0 spiro atoms. The maximum atomic E-state index is 14.8. The molecule has 0 saturated carbocycles. The third-order valence-electron chi connectivity index (χ3n) is 6.22. The number of carbonyl (C=O) groups excluding carboxylic acids is 2. The number of amides is 2. The molecule has 0 aromatic heterocycles. The predicted octanol–water partition coefficient (Wildman–Crippen LogP) is 5.69. The third kappa shape index (κ3) is 3.79. The highest BCUT2D eigenvalue weighted by atomic mass is 19.1. The Morgan fingerprint density at radius 1 is 0.875 bits per heavy atom. The summed E-state index contributed by atoms with van der Waals surface area (Å²) in [6.45, 7) is 7.97. The monoisotopic (exact) mass is 430 g/mol. The van der Waals surface area contributed by atoms with Crippen molar-refractivity contribution in [3.63, 3.8) is 0 Å². The molecular formula is C27H27FN2O2. The second-order valence-corrected chi connectivity index (χ2v) is 8.58. The van der Waals surface area contributed by atoms with Crippen molar-refractivity contribution in [1.82, 2.24) is 0 Å². The van der Waals surface area contributed by atoms with Gasteiger partial charge in [0.2, 0.25) is 5.91 Å². The predicted molar refractivity (Wildman–Crippen MR) is 125 cm³/mol. The van der Waals surface area contributed by atoms with Gasteiger partial charge in [-0.2, -0.15) is 0 Å². The minimum absolute atomic E-state index is 0.115. The van der Waals surface area contributed by atoms with Gasteiger partial charge in [-0.1, -0.05) is 62.4 Å². The largest absolute Gasteiger partial charge is 0.301 e. The van der Waals surface area contributed by atoms with Crippen LogP contribution in [0.3, 0.4) is 0 Å². The molecule has 1 fully saturated rings. The van der Waals surface area contributed by atoms with Gasteiger partial charge >= 0.3 is 0 Å². The fraction of sp³-hybridized carbons (Fsp3) is 0.259. The van der Waals surface area contributed by atoms with E-state index in [2.05, 4.69) is 13.8 Å². The Labute approximate surface area is 188 Å². The zero-order valence-corrected chi connectivity index (χ0v) is 18.8. The molecule has 32 heavy (non-hydrogen) atoms. The van der Waals surface area contributed by atoms with Crippen LogP contribution in [0, 0.1) is 19.7 Å². The maximum absolute atomic E-state index is 14.8. The number of nitrogens with zero attached hydrogens (tertiary/aromatic N) is 2. The molecule has 164 valence electrons. The highest BCUT2D eigenvalue weighted by molar-refractivity contribution is 6.14. The molecule has 1 saturated heterocycles. The van der Waals surface area contributed by atoms with Crippen LogP contribution in [0.4, 0.5) is 15.8 Å². The summed E-state index contributed by atoms with van der Waals surface area (Å²) in [7, 11) is 0. The summed E-state index contributed by atoms with van der Waals surface area (Å²) in [5.41, 5.74) is 4.60. The normalized spacial score (nSPS) is 16.8. The summed E-state index contributed by atoms with van der Waals surface area (Å²) in [5, 5.41) is 0. The Kier molecular flexibility index (Phi) is 5.83. The number of hydrogen-bond donors (Lipinski definition) is 0. The molecule has 0 aliphatic carbocycles.